The molecule has 1 heterocycles. The van der Waals surface area contributed by atoms with Crippen molar-refractivity contribution in [2.45, 2.75) is 13.8 Å². The molecule has 0 aliphatic rings. The average molecular weight is 312 g/mol. The van der Waals surface area contributed by atoms with E-state index in [4.69, 9.17) is 11.6 Å². The number of benzene rings is 1. The smallest absolute Gasteiger partial charge is 0.133 e. The standard InChI is InChI=1S/C13H12BrClN2/c1-8-4-3-5-11(15)12(8)17-13-9(2)6-10(14)7-16-13/h3-7H,1-2H3,(H,16,17). The summed E-state index contributed by atoms with van der Waals surface area (Å²) >= 11 is 9.56. The molecule has 2 aromatic rings. The van der Waals surface area contributed by atoms with Crippen molar-refractivity contribution in [2.24, 2.45) is 0 Å². The first-order chi connectivity index (χ1) is 8.08. The van der Waals surface area contributed by atoms with Crippen molar-refractivity contribution in [3.8, 4) is 0 Å². The molecule has 0 bridgehead atoms. The van der Waals surface area contributed by atoms with E-state index in [0.29, 0.717) is 5.02 Å². The van der Waals surface area contributed by atoms with Crippen LogP contribution < -0.4 is 5.32 Å². The summed E-state index contributed by atoms with van der Waals surface area (Å²) in [6.07, 6.45) is 1.77. The van der Waals surface area contributed by atoms with Gasteiger partial charge in [0.15, 0.2) is 0 Å². The average Bonchev–Trinajstić information content (AvgIpc) is 2.26. The Morgan fingerprint density at radius 2 is 2.00 bits per heavy atom. The molecule has 0 radical (unpaired) electrons. The second kappa shape index (κ2) is 5.07. The molecule has 0 atom stereocenters. The number of para-hydroxylation sites is 1. The molecular weight excluding hydrogens is 300 g/mol. The Labute approximate surface area is 114 Å². The van der Waals surface area contributed by atoms with E-state index >= 15 is 0 Å². The first-order valence-electron chi connectivity index (χ1n) is 5.22. The fourth-order valence-electron chi connectivity index (χ4n) is 1.58. The molecule has 1 aromatic carbocycles. The fourth-order valence-corrected chi connectivity index (χ4v) is 2.29. The van der Waals surface area contributed by atoms with Gasteiger partial charge < -0.3 is 5.32 Å². The van der Waals surface area contributed by atoms with Gasteiger partial charge in [-0.2, -0.15) is 0 Å². The third-order valence-electron chi connectivity index (χ3n) is 2.51. The summed E-state index contributed by atoms with van der Waals surface area (Å²) in [5, 5.41) is 3.97. The Hall–Kier alpha value is -1.06. The molecule has 0 unspecified atom stereocenters. The zero-order chi connectivity index (χ0) is 12.4. The molecule has 0 aliphatic carbocycles. The van der Waals surface area contributed by atoms with Crippen molar-refractivity contribution in [1.29, 1.82) is 0 Å². The van der Waals surface area contributed by atoms with Gasteiger partial charge >= 0.3 is 0 Å². The van der Waals surface area contributed by atoms with Crippen LogP contribution in [0.5, 0.6) is 0 Å². The highest BCUT2D eigenvalue weighted by Gasteiger charge is 2.06. The predicted molar refractivity (Wildman–Crippen MR) is 76.1 cm³/mol. The van der Waals surface area contributed by atoms with Crippen molar-refractivity contribution in [1.82, 2.24) is 4.98 Å². The van der Waals surface area contributed by atoms with E-state index in [1.54, 1.807) is 6.20 Å². The summed E-state index contributed by atoms with van der Waals surface area (Å²) < 4.78 is 0.969. The zero-order valence-corrected chi connectivity index (χ0v) is 11.9. The van der Waals surface area contributed by atoms with Crippen molar-refractivity contribution < 1.29 is 0 Å². The second-order valence-electron chi connectivity index (χ2n) is 3.88. The van der Waals surface area contributed by atoms with Crippen LogP contribution in [0.1, 0.15) is 11.1 Å². The second-order valence-corrected chi connectivity index (χ2v) is 5.20. The molecule has 4 heteroatoms. The lowest BCUT2D eigenvalue weighted by Gasteiger charge is -2.12. The molecule has 17 heavy (non-hydrogen) atoms. The Balaban J connectivity index is 2.38. The van der Waals surface area contributed by atoms with Gasteiger partial charge in [-0.05, 0) is 53.0 Å². The molecule has 0 saturated carbocycles. The molecule has 0 fully saturated rings. The number of hydrogen-bond donors (Lipinski definition) is 1. The van der Waals surface area contributed by atoms with Crippen LogP contribution in [0.25, 0.3) is 0 Å². The lowest BCUT2D eigenvalue weighted by molar-refractivity contribution is 1.23. The minimum absolute atomic E-state index is 0.703. The maximum absolute atomic E-state index is 6.16. The molecule has 0 amide bonds. The SMILES string of the molecule is Cc1cc(Br)cnc1Nc1c(C)cccc1Cl. The molecular formula is C13H12BrClN2. The van der Waals surface area contributed by atoms with Crippen LogP contribution >= 0.6 is 27.5 Å². The maximum Gasteiger partial charge on any atom is 0.133 e. The summed E-state index contributed by atoms with van der Waals surface area (Å²) in [4.78, 5) is 4.34. The summed E-state index contributed by atoms with van der Waals surface area (Å²) in [7, 11) is 0. The Bertz CT molecular complexity index is 535. The van der Waals surface area contributed by atoms with Crippen LogP contribution in [-0.4, -0.2) is 4.98 Å². The van der Waals surface area contributed by atoms with E-state index in [2.05, 4.69) is 26.2 Å². The summed E-state index contributed by atoms with van der Waals surface area (Å²) in [6.45, 7) is 4.02. The first kappa shape index (κ1) is 12.4. The van der Waals surface area contributed by atoms with E-state index in [1.807, 2.05) is 38.1 Å². The monoisotopic (exact) mass is 310 g/mol. The van der Waals surface area contributed by atoms with Gasteiger partial charge in [-0.25, -0.2) is 4.98 Å². The van der Waals surface area contributed by atoms with Gasteiger partial charge in [0, 0.05) is 10.7 Å². The van der Waals surface area contributed by atoms with Gasteiger partial charge in [0.1, 0.15) is 5.82 Å². The van der Waals surface area contributed by atoms with Crippen molar-refractivity contribution >= 4 is 39.0 Å². The quantitative estimate of drug-likeness (QED) is 0.857. The summed E-state index contributed by atoms with van der Waals surface area (Å²) in [5.74, 6) is 0.824. The van der Waals surface area contributed by atoms with E-state index in [0.717, 1.165) is 27.1 Å². The number of nitrogens with zero attached hydrogens (tertiary/aromatic N) is 1. The first-order valence-corrected chi connectivity index (χ1v) is 6.39. The van der Waals surface area contributed by atoms with Gasteiger partial charge in [0.2, 0.25) is 0 Å². The topological polar surface area (TPSA) is 24.9 Å². The highest BCUT2D eigenvalue weighted by atomic mass is 79.9. The number of halogens is 2. The van der Waals surface area contributed by atoms with E-state index in [9.17, 15) is 0 Å². The van der Waals surface area contributed by atoms with Crippen LogP contribution in [-0.2, 0) is 0 Å². The number of aromatic nitrogens is 1. The summed E-state index contributed by atoms with van der Waals surface area (Å²) in [6, 6.07) is 7.83. The Morgan fingerprint density at radius 1 is 1.24 bits per heavy atom. The van der Waals surface area contributed by atoms with Crippen molar-refractivity contribution in [3.05, 3.63) is 51.1 Å². The van der Waals surface area contributed by atoms with E-state index in [-0.39, 0.29) is 0 Å². The maximum atomic E-state index is 6.16. The molecule has 2 nitrogen and oxygen atoms in total. The number of hydrogen-bond acceptors (Lipinski definition) is 2. The molecule has 1 N–H and O–H groups in total. The molecule has 88 valence electrons. The van der Waals surface area contributed by atoms with Gasteiger partial charge in [-0.1, -0.05) is 23.7 Å². The largest absolute Gasteiger partial charge is 0.339 e. The number of anilines is 2. The number of rotatable bonds is 2. The zero-order valence-electron chi connectivity index (χ0n) is 9.59. The van der Waals surface area contributed by atoms with E-state index in [1.165, 1.54) is 0 Å². The van der Waals surface area contributed by atoms with Crippen LogP contribution in [0.3, 0.4) is 0 Å². The highest BCUT2D eigenvalue weighted by Crippen LogP contribution is 2.29. The normalized spacial score (nSPS) is 10.4. The summed E-state index contributed by atoms with van der Waals surface area (Å²) in [5.41, 5.74) is 3.08. The Morgan fingerprint density at radius 3 is 2.65 bits per heavy atom. The van der Waals surface area contributed by atoms with Crippen LogP contribution in [0.15, 0.2) is 34.9 Å². The van der Waals surface area contributed by atoms with Crippen LogP contribution in [0, 0.1) is 13.8 Å². The van der Waals surface area contributed by atoms with Gasteiger partial charge in [0.05, 0.1) is 10.7 Å². The van der Waals surface area contributed by atoms with Gasteiger partial charge in [-0.3, -0.25) is 0 Å². The Kier molecular flexibility index (Phi) is 3.69. The number of aryl methyl sites for hydroxylation is 2. The molecule has 1 aromatic heterocycles. The minimum Gasteiger partial charge on any atom is -0.339 e. The lowest BCUT2D eigenvalue weighted by atomic mass is 10.2. The predicted octanol–water partition coefficient (Wildman–Crippen LogP) is 4.86. The number of nitrogens with one attached hydrogen (secondary N) is 1. The highest BCUT2D eigenvalue weighted by molar-refractivity contribution is 9.10. The van der Waals surface area contributed by atoms with Crippen LogP contribution in [0.2, 0.25) is 5.02 Å². The third-order valence-corrected chi connectivity index (χ3v) is 3.26. The molecule has 2 rings (SSSR count). The lowest BCUT2D eigenvalue weighted by Crippen LogP contribution is -1.98. The third kappa shape index (κ3) is 2.79. The van der Waals surface area contributed by atoms with Crippen molar-refractivity contribution in [2.75, 3.05) is 5.32 Å². The number of pyridine rings is 1. The molecule has 0 aliphatic heterocycles. The van der Waals surface area contributed by atoms with Gasteiger partial charge in [0.25, 0.3) is 0 Å². The van der Waals surface area contributed by atoms with Crippen molar-refractivity contribution in [3.63, 3.8) is 0 Å². The van der Waals surface area contributed by atoms with Crippen LogP contribution in [0.4, 0.5) is 11.5 Å². The van der Waals surface area contributed by atoms with Gasteiger partial charge in [-0.15, -0.1) is 0 Å². The van der Waals surface area contributed by atoms with E-state index < -0.39 is 0 Å². The fraction of sp³-hybridized carbons (Fsp3) is 0.154. The minimum atomic E-state index is 0.703. The molecule has 0 saturated heterocycles. The molecule has 0 spiro atoms.